The van der Waals surface area contributed by atoms with Crippen molar-refractivity contribution in [3.8, 4) is 0 Å². The molecule has 64 valence electrons. The average molecular weight is 154 g/mol. The van der Waals surface area contributed by atoms with Gasteiger partial charge in [-0.05, 0) is 13.8 Å². The number of hydrogen-bond acceptors (Lipinski definition) is 1. The van der Waals surface area contributed by atoms with Gasteiger partial charge in [-0.3, -0.25) is 0 Å². The van der Waals surface area contributed by atoms with Gasteiger partial charge < -0.3 is 4.74 Å². The molecule has 0 aliphatic heterocycles. The third-order valence-electron chi connectivity index (χ3n) is 0.736. The Morgan fingerprint density at radius 2 is 1.91 bits per heavy atom. The van der Waals surface area contributed by atoms with E-state index in [4.69, 9.17) is 0 Å². The van der Waals surface area contributed by atoms with Crippen LogP contribution in [0, 0.1) is 0 Å². The first-order valence-corrected chi connectivity index (χ1v) is 3.54. The van der Waals surface area contributed by atoms with Crippen LogP contribution in [0.15, 0.2) is 37.0 Å². The van der Waals surface area contributed by atoms with E-state index in [9.17, 15) is 0 Å². The molecular weight excluding hydrogens is 136 g/mol. The molecule has 0 aromatic carbocycles. The van der Waals surface area contributed by atoms with Gasteiger partial charge in [-0.2, -0.15) is 0 Å². The summed E-state index contributed by atoms with van der Waals surface area (Å²) in [6, 6.07) is 0. The van der Waals surface area contributed by atoms with Crippen molar-refractivity contribution in [3.63, 3.8) is 0 Å². The van der Waals surface area contributed by atoms with Crippen LogP contribution >= 0.6 is 0 Å². The molecule has 0 aromatic heterocycles. The van der Waals surface area contributed by atoms with Crippen LogP contribution in [-0.2, 0) is 4.74 Å². The molecule has 0 spiro atoms. The predicted octanol–water partition coefficient (Wildman–Crippen LogP) is 2.96. The van der Waals surface area contributed by atoms with E-state index in [1.165, 1.54) is 5.57 Å². The van der Waals surface area contributed by atoms with E-state index >= 15 is 0 Å². The van der Waals surface area contributed by atoms with E-state index in [0.717, 1.165) is 0 Å². The number of ether oxygens (including phenoxy) is 1. The fourth-order valence-electron chi connectivity index (χ4n) is 0.354. The molecule has 0 heterocycles. The van der Waals surface area contributed by atoms with Crippen LogP contribution in [0.25, 0.3) is 0 Å². The van der Waals surface area contributed by atoms with E-state index in [1.807, 2.05) is 19.9 Å². The van der Waals surface area contributed by atoms with E-state index in [1.54, 1.807) is 19.3 Å². The summed E-state index contributed by atoms with van der Waals surface area (Å²) >= 11 is 0. The van der Waals surface area contributed by atoms with E-state index in [2.05, 4.69) is 17.9 Å². The minimum Gasteiger partial charge on any atom is -0.381 e. The standard InChI is InChI=1S/C6H10.C4H8O/c1-4-5-6(2)3;1-3-4-5-2/h4-5H,1H2,2-3H3;3H,1,4H2,2H3. The number of hydrogen-bond donors (Lipinski definition) is 0. The second-order valence-corrected chi connectivity index (χ2v) is 2.22. The van der Waals surface area contributed by atoms with Gasteiger partial charge in [0.2, 0.25) is 0 Å². The molecule has 0 saturated heterocycles. The topological polar surface area (TPSA) is 9.23 Å². The molecule has 11 heavy (non-hydrogen) atoms. The van der Waals surface area contributed by atoms with Gasteiger partial charge in [0.15, 0.2) is 0 Å². The van der Waals surface area contributed by atoms with Crippen molar-refractivity contribution in [2.75, 3.05) is 13.7 Å². The van der Waals surface area contributed by atoms with Crippen LogP contribution in [0.3, 0.4) is 0 Å². The quantitative estimate of drug-likeness (QED) is 0.448. The van der Waals surface area contributed by atoms with Crippen LogP contribution in [0.4, 0.5) is 0 Å². The summed E-state index contributed by atoms with van der Waals surface area (Å²) in [5, 5.41) is 0. The van der Waals surface area contributed by atoms with Crippen LogP contribution in [0.2, 0.25) is 0 Å². The van der Waals surface area contributed by atoms with Crippen LogP contribution in [0.5, 0.6) is 0 Å². The molecule has 0 unspecified atom stereocenters. The molecule has 0 bridgehead atoms. The Bertz CT molecular complexity index is 119. The lowest BCUT2D eigenvalue weighted by Gasteiger charge is -1.79. The summed E-state index contributed by atoms with van der Waals surface area (Å²) in [6.45, 7) is 11.7. The maximum atomic E-state index is 4.57. The fraction of sp³-hybridized carbons (Fsp3) is 0.400. The normalized spacial score (nSPS) is 7.18. The second kappa shape index (κ2) is 11.9. The highest BCUT2D eigenvalue weighted by Crippen LogP contribution is 1.85. The Labute approximate surface area is 70.1 Å². The Hall–Kier alpha value is -0.820. The molecule has 0 amide bonds. The highest BCUT2D eigenvalue weighted by atomic mass is 16.5. The number of allylic oxidation sites excluding steroid dienone is 3. The SMILES string of the molecule is C=CC=C(C)C.C=CCOC. The lowest BCUT2D eigenvalue weighted by atomic mass is 10.3. The summed E-state index contributed by atoms with van der Waals surface area (Å²) in [4.78, 5) is 0. The molecule has 0 aliphatic rings. The highest BCUT2D eigenvalue weighted by molar-refractivity contribution is 5.04. The Morgan fingerprint density at radius 1 is 1.36 bits per heavy atom. The first-order chi connectivity index (χ1) is 5.18. The largest absolute Gasteiger partial charge is 0.381 e. The lowest BCUT2D eigenvalue weighted by Crippen LogP contribution is -1.76. The molecule has 1 heteroatoms. The molecule has 0 fully saturated rings. The van der Waals surface area contributed by atoms with Gasteiger partial charge in [0.05, 0.1) is 6.61 Å². The van der Waals surface area contributed by atoms with Crippen molar-refractivity contribution in [2.24, 2.45) is 0 Å². The maximum Gasteiger partial charge on any atom is 0.0641 e. The van der Waals surface area contributed by atoms with E-state index in [0.29, 0.717) is 6.61 Å². The average Bonchev–Trinajstić information content (AvgIpc) is 1.90. The molecule has 0 radical (unpaired) electrons. The minimum absolute atomic E-state index is 0.653. The van der Waals surface area contributed by atoms with Crippen LogP contribution < -0.4 is 0 Å². The van der Waals surface area contributed by atoms with Crippen LogP contribution in [-0.4, -0.2) is 13.7 Å². The predicted molar refractivity (Wildman–Crippen MR) is 51.7 cm³/mol. The third-order valence-corrected chi connectivity index (χ3v) is 0.736. The van der Waals surface area contributed by atoms with Gasteiger partial charge in [0.25, 0.3) is 0 Å². The summed E-state index contributed by atoms with van der Waals surface area (Å²) in [7, 11) is 1.64. The van der Waals surface area contributed by atoms with Gasteiger partial charge in [-0.25, -0.2) is 0 Å². The summed E-state index contributed by atoms with van der Waals surface area (Å²) < 4.78 is 4.57. The van der Waals surface area contributed by atoms with Crippen LogP contribution in [0.1, 0.15) is 13.8 Å². The molecule has 0 saturated carbocycles. The maximum absolute atomic E-state index is 4.57. The summed E-state index contributed by atoms with van der Waals surface area (Å²) in [5.74, 6) is 0. The molecule has 0 atom stereocenters. The fourth-order valence-corrected chi connectivity index (χ4v) is 0.354. The van der Waals surface area contributed by atoms with Crippen molar-refractivity contribution >= 4 is 0 Å². The van der Waals surface area contributed by atoms with Gasteiger partial charge in [0.1, 0.15) is 0 Å². The zero-order valence-electron chi connectivity index (χ0n) is 7.76. The zero-order chi connectivity index (χ0) is 9.11. The number of methoxy groups -OCH3 is 1. The van der Waals surface area contributed by atoms with Gasteiger partial charge in [0, 0.05) is 7.11 Å². The van der Waals surface area contributed by atoms with Crippen molar-refractivity contribution in [1.82, 2.24) is 0 Å². The first-order valence-electron chi connectivity index (χ1n) is 3.54. The molecule has 0 aromatic rings. The second-order valence-electron chi connectivity index (χ2n) is 2.22. The van der Waals surface area contributed by atoms with Gasteiger partial charge in [-0.15, -0.1) is 6.58 Å². The first kappa shape index (κ1) is 12.8. The minimum atomic E-state index is 0.653. The molecule has 0 N–H and O–H groups in total. The lowest BCUT2D eigenvalue weighted by molar-refractivity contribution is 0.234. The van der Waals surface area contributed by atoms with Crippen molar-refractivity contribution in [1.29, 1.82) is 0 Å². The zero-order valence-corrected chi connectivity index (χ0v) is 7.76. The Kier molecular flexibility index (Phi) is 13.9. The summed E-state index contributed by atoms with van der Waals surface area (Å²) in [6.07, 6.45) is 5.47. The molecule has 1 nitrogen and oxygen atoms in total. The van der Waals surface area contributed by atoms with Gasteiger partial charge >= 0.3 is 0 Å². The molecule has 0 aliphatic carbocycles. The summed E-state index contributed by atoms with van der Waals surface area (Å²) in [5.41, 5.74) is 1.30. The van der Waals surface area contributed by atoms with Gasteiger partial charge in [-0.1, -0.05) is 30.4 Å². The smallest absolute Gasteiger partial charge is 0.0641 e. The van der Waals surface area contributed by atoms with Crippen molar-refractivity contribution in [2.45, 2.75) is 13.8 Å². The monoisotopic (exact) mass is 154 g/mol. The van der Waals surface area contributed by atoms with Crippen molar-refractivity contribution < 1.29 is 4.74 Å². The highest BCUT2D eigenvalue weighted by Gasteiger charge is 1.63. The van der Waals surface area contributed by atoms with E-state index < -0.39 is 0 Å². The van der Waals surface area contributed by atoms with E-state index in [-0.39, 0.29) is 0 Å². The van der Waals surface area contributed by atoms with Crippen molar-refractivity contribution in [3.05, 3.63) is 37.0 Å². The Morgan fingerprint density at radius 3 is 1.91 bits per heavy atom. The Balaban J connectivity index is 0. The molecule has 0 rings (SSSR count). The number of rotatable bonds is 3. The third kappa shape index (κ3) is 27.1. The molecular formula is C10H18O.